The second kappa shape index (κ2) is 7.33. The molecule has 25 heavy (non-hydrogen) atoms. The van der Waals surface area contributed by atoms with Gasteiger partial charge in [0.2, 0.25) is 0 Å². The number of fused-ring (bicyclic) bond motifs is 1. The van der Waals surface area contributed by atoms with Crippen molar-refractivity contribution in [2.75, 3.05) is 33.2 Å². The van der Waals surface area contributed by atoms with Crippen LogP contribution in [0, 0.1) is 5.92 Å². The quantitative estimate of drug-likeness (QED) is 0.796. The van der Waals surface area contributed by atoms with E-state index in [1.807, 2.05) is 18.5 Å². The molecule has 1 fully saturated rings. The topological polar surface area (TPSA) is 48.0 Å². The molecule has 1 aliphatic rings. The highest BCUT2D eigenvalue weighted by Crippen LogP contribution is 2.21. The van der Waals surface area contributed by atoms with E-state index in [4.69, 9.17) is 0 Å². The summed E-state index contributed by atoms with van der Waals surface area (Å²) in [6.07, 6.45) is 4.80. The number of para-hydroxylation sites is 1. The van der Waals surface area contributed by atoms with Crippen LogP contribution in [0.4, 0.5) is 0 Å². The van der Waals surface area contributed by atoms with Gasteiger partial charge >= 0.3 is 0 Å². The van der Waals surface area contributed by atoms with Gasteiger partial charge in [0.05, 0.1) is 5.52 Å². The fourth-order valence-corrected chi connectivity index (χ4v) is 3.89. The first-order chi connectivity index (χ1) is 12.3. The Morgan fingerprint density at radius 1 is 1.08 bits per heavy atom. The molecule has 5 nitrogen and oxygen atoms in total. The lowest BCUT2D eigenvalue weighted by Crippen LogP contribution is -2.30. The minimum atomic E-state index is 0.600. The van der Waals surface area contributed by atoms with Gasteiger partial charge in [-0.05, 0) is 37.1 Å². The Balaban J connectivity index is 1.53. The molecule has 1 saturated heterocycles. The van der Waals surface area contributed by atoms with Gasteiger partial charge < -0.3 is 4.90 Å². The summed E-state index contributed by atoms with van der Waals surface area (Å²) >= 11 is 0. The molecule has 4 rings (SSSR count). The van der Waals surface area contributed by atoms with Crippen molar-refractivity contribution in [3.63, 3.8) is 0 Å². The number of hydrogen-bond acceptors (Lipinski definition) is 4. The van der Waals surface area contributed by atoms with E-state index in [0.717, 1.165) is 44.7 Å². The summed E-state index contributed by atoms with van der Waals surface area (Å²) in [7, 11) is 2.23. The van der Waals surface area contributed by atoms with Gasteiger partial charge in [0.25, 0.3) is 0 Å². The fraction of sp³-hybridized carbons (Fsp3) is 0.400. The van der Waals surface area contributed by atoms with Gasteiger partial charge in [0.15, 0.2) is 0 Å². The van der Waals surface area contributed by atoms with Crippen molar-refractivity contribution in [3.05, 3.63) is 60.0 Å². The average molecular weight is 335 g/mol. The van der Waals surface area contributed by atoms with E-state index in [-0.39, 0.29) is 0 Å². The van der Waals surface area contributed by atoms with Crippen LogP contribution >= 0.6 is 0 Å². The van der Waals surface area contributed by atoms with Crippen LogP contribution in [0.2, 0.25) is 0 Å². The summed E-state index contributed by atoms with van der Waals surface area (Å²) in [4.78, 5) is 9.62. The summed E-state index contributed by atoms with van der Waals surface area (Å²) in [6, 6.07) is 12.8. The molecule has 1 aliphatic heterocycles. The molecule has 0 bridgehead atoms. The zero-order chi connectivity index (χ0) is 17.1. The molecule has 2 aromatic heterocycles. The van der Waals surface area contributed by atoms with Gasteiger partial charge in [-0.25, -0.2) is 0 Å². The van der Waals surface area contributed by atoms with Crippen molar-refractivity contribution in [1.29, 1.82) is 0 Å². The Labute approximate surface area is 148 Å². The van der Waals surface area contributed by atoms with Crippen molar-refractivity contribution in [2.45, 2.75) is 13.0 Å². The third kappa shape index (κ3) is 3.89. The smallest absolute Gasteiger partial charge is 0.0734 e. The number of rotatable bonds is 4. The summed E-state index contributed by atoms with van der Waals surface area (Å²) < 4.78 is 0. The van der Waals surface area contributed by atoms with Crippen LogP contribution in [0.1, 0.15) is 11.3 Å². The monoisotopic (exact) mass is 335 g/mol. The molecular weight excluding hydrogens is 310 g/mol. The molecular formula is C20H25N5. The van der Waals surface area contributed by atoms with Gasteiger partial charge in [0.1, 0.15) is 0 Å². The maximum Gasteiger partial charge on any atom is 0.0734 e. The zero-order valence-corrected chi connectivity index (χ0v) is 14.7. The first-order valence-electron chi connectivity index (χ1n) is 9.00. The second-order valence-corrected chi connectivity index (χ2v) is 7.14. The van der Waals surface area contributed by atoms with E-state index in [2.05, 4.69) is 62.4 Å². The van der Waals surface area contributed by atoms with Crippen LogP contribution < -0.4 is 0 Å². The molecule has 130 valence electrons. The molecule has 0 saturated carbocycles. The van der Waals surface area contributed by atoms with Crippen LogP contribution in [0.3, 0.4) is 0 Å². The Morgan fingerprint density at radius 3 is 2.88 bits per heavy atom. The zero-order valence-electron chi connectivity index (χ0n) is 14.7. The Bertz CT molecular complexity index is 809. The number of benzene rings is 1. The standard InChI is InChI=1S/C20H25N5/c1-24-10-11-25(15-19-7-9-22-23-19)14-16(13-24)12-18-5-2-4-17-6-3-8-21-20(17)18/h2-9,16H,10-15H2,1H3,(H,22,23). The number of aromatic amines is 1. The highest BCUT2D eigenvalue weighted by atomic mass is 15.2. The van der Waals surface area contributed by atoms with E-state index in [1.54, 1.807) is 0 Å². The van der Waals surface area contributed by atoms with Crippen molar-refractivity contribution >= 4 is 10.9 Å². The van der Waals surface area contributed by atoms with Crippen molar-refractivity contribution in [3.8, 4) is 0 Å². The Morgan fingerprint density at radius 2 is 2.00 bits per heavy atom. The third-order valence-corrected chi connectivity index (χ3v) is 5.06. The van der Waals surface area contributed by atoms with Crippen LogP contribution in [0.25, 0.3) is 10.9 Å². The van der Waals surface area contributed by atoms with E-state index < -0.39 is 0 Å². The van der Waals surface area contributed by atoms with E-state index in [0.29, 0.717) is 5.92 Å². The maximum atomic E-state index is 4.63. The van der Waals surface area contributed by atoms with E-state index in [9.17, 15) is 0 Å². The molecule has 3 heterocycles. The van der Waals surface area contributed by atoms with Gasteiger partial charge in [-0.15, -0.1) is 0 Å². The number of likely N-dealkylation sites (N-methyl/N-ethyl adjacent to an activating group) is 1. The van der Waals surface area contributed by atoms with Crippen LogP contribution in [-0.2, 0) is 13.0 Å². The number of hydrogen-bond donors (Lipinski definition) is 1. The van der Waals surface area contributed by atoms with Crippen LogP contribution in [-0.4, -0.2) is 58.2 Å². The molecule has 0 spiro atoms. The minimum Gasteiger partial charge on any atom is -0.305 e. The minimum absolute atomic E-state index is 0.600. The highest BCUT2D eigenvalue weighted by molar-refractivity contribution is 5.81. The Kier molecular flexibility index (Phi) is 4.76. The summed E-state index contributed by atoms with van der Waals surface area (Å²) in [6.45, 7) is 5.38. The molecule has 5 heteroatoms. The highest BCUT2D eigenvalue weighted by Gasteiger charge is 2.22. The largest absolute Gasteiger partial charge is 0.305 e. The predicted molar refractivity (Wildman–Crippen MR) is 100 cm³/mol. The van der Waals surface area contributed by atoms with Gasteiger partial charge in [-0.2, -0.15) is 5.10 Å². The number of nitrogens with one attached hydrogen (secondary N) is 1. The van der Waals surface area contributed by atoms with Crippen molar-refractivity contribution in [2.24, 2.45) is 5.92 Å². The molecule has 0 radical (unpaired) electrons. The summed E-state index contributed by atoms with van der Waals surface area (Å²) in [5.74, 6) is 0.600. The third-order valence-electron chi connectivity index (χ3n) is 5.06. The summed E-state index contributed by atoms with van der Waals surface area (Å²) in [5.41, 5.74) is 3.70. The lowest BCUT2D eigenvalue weighted by atomic mass is 9.96. The van der Waals surface area contributed by atoms with Crippen molar-refractivity contribution in [1.82, 2.24) is 25.0 Å². The number of nitrogens with zero attached hydrogens (tertiary/aromatic N) is 4. The molecule has 1 unspecified atom stereocenters. The Hall–Kier alpha value is -2.24. The number of pyridine rings is 1. The maximum absolute atomic E-state index is 4.63. The molecule has 0 aliphatic carbocycles. The lowest BCUT2D eigenvalue weighted by molar-refractivity contribution is 0.246. The second-order valence-electron chi connectivity index (χ2n) is 7.14. The molecule has 1 N–H and O–H groups in total. The number of H-pyrrole nitrogens is 1. The lowest BCUT2D eigenvalue weighted by Gasteiger charge is -2.23. The van der Waals surface area contributed by atoms with Gasteiger partial charge in [-0.3, -0.25) is 15.0 Å². The molecule has 0 amide bonds. The molecule has 1 atom stereocenters. The molecule has 3 aromatic rings. The first kappa shape index (κ1) is 16.2. The SMILES string of the molecule is CN1CCN(Cc2ccn[nH]2)CC(Cc2cccc3cccnc23)C1. The van der Waals surface area contributed by atoms with Crippen LogP contribution in [0.15, 0.2) is 48.8 Å². The predicted octanol–water partition coefficient (Wildman–Crippen LogP) is 2.56. The van der Waals surface area contributed by atoms with E-state index in [1.165, 1.54) is 16.6 Å². The van der Waals surface area contributed by atoms with Crippen LogP contribution in [0.5, 0.6) is 0 Å². The average Bonchev–Trinajstić information content (AvgIpc) is 3.06. The molecule has 1 aromatic carbocycles. The normalized spacial score (nSPS) is 20.0. The fourth-order valence-electron chi connectivity index (χ4n) is 3.89. The van der Waals surface area contributed by atoms with Gasteiger partial charge in [-0.1, -0.05) is 24.3 Å². The summed E-state index contributed by atoms with van der Waals surface area (Å²) in [5, 5.41) is 8.40. The first-order valence-corrected chi connectivity index (χ1v) is 9.00. The van der Waals surface area contributed by atoms with Gasteiger partial charge in [0, 0.05) is 56.2 Å². The van der Waals surface area contributed by atoms with E-state index >= 15 is 0 Å². The van der Waals surface area contributed by atoms with Crippen molar-refractivity contribution < 1.29 is 0 Å². The number of aromatic nitrogens is 3.